The molecule has 4 heteroatoms. The maximum atomic E-state index is 6.09. The van der Waals surface area contributed by atoms with Crippen LogP contribution in [-0.2, 0) is 4.74 Å². The first-order valence-corrected chi connectivity index (χ1v) is 6.45. The van der Waals surface area contributed by atoms with Gasteiger partial charge in [-0.2, -0.15) is 0 Å². The van der Waals surface area contributed by atoms with Crippen molar-refractivity contribution in [1.29, 1.82) is 0 Å². The van der Waals surface area contributed by atoms with Crippen LogP contribution in [0.15, 0.2) is 17.5 Å². The van der Waals surface area contributed by atoms with Crippen LogP contribution in [0.3, 0.4) is 0 Å². The van der Waals surface area contributed by atoms with Gasteiger partial charge in [0.1, 0.15) is 0 Å². The molecule has 0 saturated heterocycles. The Morgan fingerprint density at radius 1 is 1.50 bits per heavy atom. The number of methoxy groups -OCH3 is 1. The number of likely N-dealkylation sites (N-methyl/N-ethyl adjacent to an activating group) is 1. The minimum atomic E-state index is 0.114. The molecule has 0 fully saturated rings. The van der Waals surface area contributed by atoms with Crippen LogP contribution >= 0.6 is 11.3 Å². The van der Waals surface area contributed by atoms with Crippen molar-refractivity contribution in [3.05, 3.63) is 22.4 Å². The van der Waals surface area contributed by atoms with Gasteiger partial charge in [0.2, 0.25) is 0 Å². The summed E-state index contributed by atoms with van der Waals surface area (Å²) in [5, 5.41) is 2.10. The number of thiophene rings is 1. The Kier molecular flexibility index (Phi) is 5.41. The smallest absolute Gasteiger partial charge is 0.0615 e. The zero-order valence-electron chi connectivity index (χ0n) is 10.5. The maximum Gasteiger partial charge on any atom is 0.0615 e. The SMILES string of the molecule is COCC(C)N(C)C(c1cccs1)C(C)N. The molecule has 92 valence electrons. The van der Waals surface area contributed by atoms with E-state index >= 15 is 0 Å². The predicted molar refractivity (Wildman–Crippen MR) is 69.8 cm³/mol. The largest absolute Gasteiger partial charge is 0.383 e. The van der Waals surface area contributed by atoms with Crippen LogP contribution in [0.25, 0.3) is 0 Å². The standard InChI is InChI=1S/C12H22N2OS/c1-9(8-15-4)14(3)12(10(2)13)11-6-5-7-16-11/h5-7,9-10,12H,8,13H2,1-4H3. The summed E-state index contributed by atoms with van der Waals surface area (Å²) in [6, 6.07) is 4.97. The fraction of sp³-hybridized carbons (Fsp3) is 0.667. The van der Waals surface area contributed by atoms with E-state index in [4.69, 9.17) is 10.5 Å². The Labute approximate surface area is 102 Å². The van der Waals surface area contributed by atoms with Gasteiger partial charge in [-0.15, -0.1) is 11.3 Å². The second-order valence-corrected chi connectivity index (χ2v) is 5.27. The van der Waals surface area contributed by atoms with Gasteiger partial charge in [-0.25, -0.2) is 0 Å². The van der Waals surface area contributed by atoms with E-state index in [-0.39, 0.29) is 12.1 Å². The number of nitrogens with two attached hydrogens (primary N) is 1. The highest BCUT2D eigenvalue weighted by molar-refractivity contribution is 7.10. The Bertz CT molecular complexity index is 287. The van der Waals surface area contributed by atoms with Crippen LogP contribution < -0.4 is 5.73 Å². The fourth-order valence-corrected chi connectivity index (χ4v) is 2.91. The van der Waals surface area contributed by atoms with Crippen molar-refractivity contribution in [3.8, 4) is 0 Å². The van der Waals surface area contributed by atoms with Gasteiger partial charge in [-0.1, -0.05) is 6.07 Å². The zero-order chi connectivity index (χ0) is 12.1. The molecule has 0 spiro atoms. The van der Waals surface area contributed by atoms with E-state index < -0.39 is 0 Å². The monoisotopic (exact) mass is 242 g/mol. The Morgan fingerprint density at radius 3 is 2.62 bits per heavy atom. The van der Waals surface area contributed by atoms with E-state index in [0.29, 0.717) is 6.04 Å². The van der Waals surface area contributed by atoms with Gasteiger partial charge in [0.05, 0.1) is 12.6 Å². The topological polar surface area (TPSA) is 38.5 Å². The first kappa shape index (κ1) is 13.6. The van der Waals surface area contributed by atoms with Crippen LogP contribution in [0, 0.1) is 0 Å². The van der Waals surface area contributed by atoms with Crippen LogP contribution in [0.2, 0.25) is 0 Å². The summed E-state index contributed by atoms with van der Waals surface area (Å²) in [7, 11) is 3.84. The molecule has 0 amide bonds. The Hall–Kier alpha value is -0.420. The van der Waals surface area contributed by atoms with Crippen LogP contribution in [-0.4, -0.2) is 37.7 Å². The van der Waals surface area contributed by atoms with Gasteiger partial charge in [0.25, 0.3) is 0 Å². The Morgan fingerprint density at radius 2 is 2.19 bits per heavy atom. The van der Waals surface area contributed by atoms with Crippen molar-refractivity contribution >= 4 is 11.3 Å². The van der Waals surface area contributed by atoms with E-state index in [0.717, 1.165) is 6.61 Å². The molecule has 16 heavy (non-hydrogen) atoms. The molecule has 3 atom stereocenters. The molecule has 0 aliphatic carbocycles. The van der Waals surface area contributed by atoms with Gasteiger partial charge in [0, 0.05) is 24.1 Å². The molecular weight excluding hydrogens is 220 g/mol. The van der Waals surface area contributed by atoms with E-state index in [9.17, 15) is 0 Å². The lowest BCUT2D eigenvalue weighted by atomic mass is 10.1. The molecule has 0 saturated carbocycles. The summed E-state index contributed by atoms with van der Waals surface area (Å²) in [6.07, 6.45) is 0. The van der Waals surface area contributed by atoms with Crippen LogP contribution in [0.1, 0.15) is 24.8 Å². The summed E-state index contributed by atoms with van der Waals surface area (Å²) >= 11 is 1.76. The lowest BCUT2D eigenvalue weighted by Crippen LogP contribution is -2.43. The highest BCUT2D eigenvalue weighted by atomic mass is 32.1. The van der Waals surface area contributed by atoms with Crippen LogP contribution in [0.4, 0.5) is 0 Å². The molecule has 1 rings (SSSR count). The molecule has 0 radical (unpaired) electrons. The Balaban J connectivity index is 2.78. The second-order valence-electron chi connectivity index (χ2n) is 4.29. The molecule has 1 aromatic heterocycles. The molecule has 0 aliphatic heterocycles. The number of hydrogen-bond acceptors (Lipinski definition) is 4. The molecule has 3 nitrogen and oxygen atoms in total. The highest BCUT2D eigenvalue weighted by Gasteiger charge is 2.25. The van der Waals surface area contributed by atoms with Crippen LogP contribution in [0.5, 0.6) is 0 Å². The third kappa shape index (κ3) is 3.28. The lowest BCUT2D eigenvalue weighted by Gasteiger charge is -2.34. The van der Waals surface area contributed by atoms with Gasteiger partial charge in [-0.05, 0) is 32.3 Å². The molecule has 2 N–H and O–H groups in total. The quantitative estimate of drug-likeness (QED) is 0.830. The van der Waals surface area contributed by atoms with E-state index in [1.54, 1.807) is 18.4 Å². The van der Waals surface area contributed by atoms with E-state index in [1.165, 1.54) is 4.88 Å². The number of ether oxygens (including phenoxy) is 1. The van der Waals surface area contributed by atoms with Crippen molar-refractivity contribution in [2.24, 2.45) is 5.73 Å². The minimum absolute atomic E-state index is 0.114. The first-order valence-electron chi connectivity index (χ1n) is 5.57. The average Bonchev–Trinajstić information content (AvgIpc) is 2.71. The third-order valence-electron chi connectivity index (χ3n) is 2.87. The predicted octanol–water partition coefficient (Wildman–Crippen LogP) is 2.10. The fourth-order valence-electron chi connectivity index (χ4n) is 1.92. The molecule has 3 unspecified atom stereocenters. The van der Waals surface area contributed by atoms with Gasteiger partial charge in [-0.3, -0.25) is 4.90 Å². The van der Waals surface area contributed by atoms with E-state index in [2.05, 4.69) is 43.3 Å². The van der Waals surface area contributed by atoms with Gasteiger partial charge < -0.3 is 10.5 Å². The summed E-state index contributed by atoms with van der Waals surface area (Å²) < 4.78 is 5.19. The molecule has 1 heterocycles. The minimum Gasteiger partial charge on any atom is -0.383 e. The normalized spacial score (nSPS) is 17.4. The highest BCUT2D eigenvalue weighted by Crippen LogP contribution is 2.27. The summed E-state index contributed by atoms with van der Waals surface area (Å²) in [6.45, 7) is 4.94. The molecule has 0 aliphatic rings. The average molecular weight is 242 g/mol. The number of hydrogen-bond donors (Lipinski definition) is 1. The lowest BCUT2D eigenvalue weighted by molar-refractivity contribution is 0.0831. The summed E-state index contributed by atoms with van der Waals surface area (Å²) in [5.41, 5.74) is 6.09. The van der Waals surface area contributed by atoms with Gasteiger partial charge in [0.15, 0.2) is 0 Å². The third-order valence-corrected chi connectivity index (χ3v) is 3.82. The van der Waals surface area contributed by atoms with Crippen molar-refractivity contribution < 1.29 is 4.74 Å². The second kappa shape index (κ2) is 6.35. The van der Waals surface area contributed by atoms with Crippen molar-refractivity contribution in [3.63, 3.8) is 0 Å². The molecular formula is C12H22N2OS. The van der Waals surface area contributed by atoms with E-state index in [1.807, 2.05) is 0 Å². The van der Waals surface area contributed by atoms with Crippen molar-refractivity contribution in [2.45, 2.75) is 32.0 Å². The number of nitrogens with zero attached hydrogens (tertiary/aromatic N) is 1. The molecule has 0 aromatic carbocycles. The van der Waals surface area contributed by atoms with Crippen molar-refractivity contribution in [2.75, 3.05) is 20.8 Å². The maximum absolute atomic E-state index is 6.09. The summed E-state index contributed by atoms with van der Waals surface area (Å²) in [4.78, 5) is 3.61. The summed E-state index contributed by atoms with van der Waals surface area (Å²) in [5.74, 6) is 0. The van der Waals surface area contributed by atoms with Gasteiger partial charge >= 0.3 is 0 Å². The molecule has 0 bridgehead atoms. The number of rotatable bonds is 6. The molecule has 1 aromatic rings. The first-order chi connectivity index (χ1) is 7.57. The zero-order valence-corrected chi connectivity index (χ0v) is 11.3. The van der Waals surface area contributed by atoms with Crippen molar-refractivity contribution in [1.82, 2.24) is 4.90 Å².